The molecule has 1 saturated heterocycles. The lowest BCUT2D eigenvalue weighted by atomic mass is 10.5. The molecule has 1 fully saturated rings. The third kappa shape index (κ3) is 2.33. The van der Waals surface area contributed by atoms with Crippen molar-refractivity contribution >= 4 is 40.8 Å². The summed E-state index contributed by atoms with van der Waals surface area (Å²) in [6, 6.07) is 2.21. The number of imidazole rings is 1. The van der Waals surface area contributed by atoms with Gasteiger partial charge in [-0.3, -0.25) is 4.57 Å². The molecule has 0 aliphatic carbocycles. The minimum absolute atomic E-state index is 0.415. The number of hydrogen-bond donors (Lipinski definition) is 0. The number of alkyl halides is 1. The molecule has 0 aromatic carbocycles. The van der Waals surface area contributed by atoms with Crippen LogP contribution in [-0.4, -0.2) is 26.4 Å². The zero-order chi connectivity index (χ0) is 10.7. The maximum absolute atomic E-state index is 9.10. The highest BCUT2D eigenvalue weighted by Gasteiger charge is 2.23. The van der Waals surface area contributed by atoms with Crippen molar-refractivity contribution < 1.29 is 0 Å². The summed E-state index contributed by atoms with van der Waals surface area (Å²) >= 11 is 9.16. The number of nitrogens with zero attached hydrogens (tertiary/aromatic N) is 3. The molecule has 1 aromatic rings. The standard InChI is InChI=1S/C9H8ClN3S2/c10-3-7-5-14-9(15-7)8(4-11)13-2-1-12-6-13/h1-2,6-7H,3,5H2/b9-8+. The van der Waals surface area contributed by atoms with Crippen LogP contribution < -0.4 is 0 Å². The van der Waals surface area contributed by atoms with Crippen LogP contribution in [0.1, 0.15) is 0 Å². The number of hydrogen-bond acceptors (Lipinski definition) is 4. The van der Waals surface area contributed by atoms with Gasteiger partial charge in [-0.05, 0) is 0 Å². The lowest BCUT2D eigenvalue weighted by Gasteiger charge is -2.03. The van der Waals surface area contributed by atoms with Gasteiger partial charge < -0.3 is 0 Å². The lowest BCUT2D eigenvalue weighted by molar-refractivity contribution is 1.10. The first kappa shape index (κ1) is 10.9. The smallest absolute Gasteiger partial charge is 0.145 e. The van der Waals surface area contributed by atoms with Crippen molar-refractivity contribution in [3.63, 3.8) is 0 Å². The Morgan fingerprint density at radius 1 is 1.80 bits per heavy atom. The molecular formula is C9H8ClN3S2. The second-order valence-corrected chi connectivity index (χ2v) is 5.83. The first-order valence-corrected chi connectivity index (χ1v) is 6.73. The van der Waals surface area contributed by atoms with Crippen LogP contribution in [0.4, 0.5) is 0 Å². The summed E-state index contributed by atoms with van der Waals surface area (Å²) in [4.78, 5) is 3.93. The van der Waals surface area contributed by atoms with Gasteiger partial charge in [-0.2, -0.15) is 5.26 Å². The van der Waals surface area contributed by atoms with E-state index in [1.165, 1.54) is 0 Å². The van der Waals surface area contributed by atoms with Crippen LogP contribution >= 0.6 is 35.1 Å². The Morgan fingerprint density at radius 2 is 2.67 bits per heavy atom. The highest BCUT2D eigenvalue weighted by atomic mass is 35.5. The monoisotopic (exact) mass is 257 g/mol. The molecule has 1 aliphatic rings. The molecule has 0 N–H and O–H groups in total. The van der Waals surface area contributed by atoms with Gasteiger partial charge in [0.1, 0.15) is 11.8 Å². The van der Waals surface area contributed by atoms with Gasteiger partial charge in [0.15, 0.2) is 0 Å². The van der Waals surface area contributed by atoms with Gasteiger partial charge >= 0.3 is 0 Å². The molecule has 6 heteroatoms. The summed E-state index contributed by atoms with van der Waals surface area (Å²) < 4.78 is 2.78. The summed E-state index contributed by atoms with van der Waals surface area (Å²) in [6.45, 7) is 0. The van der Waals surface area contributed by atoms with Gasteiger partial charge in [0.05, 0.1) is 10.6 Å². The highest BCUT2D eigenvalue weighted by molar-refractivity contribution is 8.25. The van der Waals surface area contributed by atoms with E-state index in [1.807, 2.05) is 0 Å². The van der Waals surface area contributed by atoms with Crippen molar-refractivity contribution in [1.82, 2.24) is 9.55 Å². The Labute approximate surface area is 102 Å². The minimum atomic E-state index is 0.415. The number of rotatable bonds is 2. The summed E-state index contributed by atoms with van der Waals surface area (Å²) in [7, 11) is 0. The SMILES string of the molecule is N#C/C(=C1/SCC(CCl)S1)n1ccnc1. The van der Waals surface area contributed by atoms with Crippen molar-refractivity contribution in [2.45, 2.75) is 5.25 Å². The van der Waals surface area contributed by atoms with Crippen LogP contribution in [-0.2, 0) is 0 Å². The summed E-state index contributed by atoms with van der Waals surface area (Å²) in [6.07, 6.45) is 5.09. The van der Waals surface area contributed by atoms with E-state index < -0.39 is 0 Å². The first-order valence-electron chi connectivity index (χ1n) is 4.33. The van der Waals surface area contributed by atoms with E-state index in [0.29, 0.717) is 16.8 Å². The molecule has 1 atom stereocenters. The van der Waals surface area contributed by atoms with E-state index in [-0.39, 0.29) is 0 Å². The van der Waals surface area contributed by atoms with Crippen LogP contribution in [0.5, 0.6) is 0 Å². The topological polar surface area (TPSA) is 41.6 Å². The predicted molar refractivity (Wildman–Crippen MR) is 65.6 cm³/mol. The molecule has 3 nitrogen and oxygen atoms in total. The van der Waals surface area contributed by atoms with Crippen LogP contribution in [0.15, 0.2) is 23.0 Å². The Kier molecular flexibility index (Phi) is 3.62. The van der Waals surface area contributed by atoms with Crippen molar-refractivity contribution in [1.29, 1.82) is 5.26 Å². The maximum atomic E-state index is 9.10. The van der Waals surface area contributed by atoms with E-state index in [4.69, 9.17) is 16.9 Å². The number of aromatic nitrogens is 2. The molecule has 2 heterocycles. The number of halogens is 1. The number of nitriles is 1. The Balaban J connectivity index is 2.28. The van der Waals surface area contributed by atoms with Crippen molar-refractivity contribution in [2.75, 3.05) is 11.6 Å². The van der Waals surface area contributed by atoms with Gasteiger partial charge in [-0.25, -0.2) is 4.98 Å². The van der Waals surface area contributed by atoms with Gasteiger partial charge in [-0.15, -0.1) is 35.1 Å². The number of allylic oxidation sites excluding steroid dienone is 1. The third-order valence-corrected chi connectivity index (χ3v) is 5.42. The normalized spacial score (nSPS) is 23.9. The molecule has 0 radical (unpaired) electrons. The Morgan fingerprint density at radius 3 is 3.20 bits per heavy atom. The first-order chi connectivity index (χ1) is 7.35. The Bertz CT molecular complexity index is 407. The van der Waals surface area contributed by atoms with E-state index in [0.717, 1.165) is 9.99 Å². The fraction of sp³-hybridized carbons (Fsp3) is 0.333. The number of thioether (sulfide) groups is 2. The van der Waals surface area contributed by atoms with E-state index in [2.05, 4.69) is 11.1 Å². The molecule has 0 spiro atoms. The third-order valence-electron chi connectivity index (χ3n) is 1.91. The van der Waals surface area contributed by atoms with Crippen LogP contribution in [0.2, 0.25) is 0 Å². The maximum Gasteiger partial charge on any atom is 0.145 e. The predicted octanol–water partition coefficient (Wildman–Crippen LogP) is 2.62. The van der Waals surface area contributed by atoms with Crippen LogP contribution in [0.25, 0.3) is 5.70 Å². The molecule has 0 amide bonds. The molecule has 1 aliphatic heterocycles. The van der Waals surface area contributed by atoms with Gasteiger partial charge in [0.2, 0.25) is 0 Å². The van der Waals surface area contributed by atoms with Gasteiger partial charge in [-0.1, -0.05) is 0 Å². The molecule has 1 unspecified atom stereocenters. The molecule has 1 aromatic heterocycles. The molecule has 0 saturated carbocycles. The zero-order valence-corrected chi connectivity index (χ0v) is 10.1. The molecule has 2 rings (SSSR count). The molecule has 0 bridgehead atoms. The van der Waals surface area contributed by atoms with Crippen LogP contribution in [0.3, 0.4) is 0 Å². The van der Waals surface area contributed by atoms with Crippen molar-refractivity contribution in [3.8, 4) is 6.07 Å². The fourth-order valence-corrected chi connectivity index (χ4v) is 4.35. The van der Waals surface area contributed by atoms with Crippen LogP contribution in [0, 0.1) is 11.3 Å². The summed E-state index contributed by atoms with van der Waals surface area (Å²) in [5.41, 5.74) is 0.648. The Hall–Kier alpha value is -0.570. The summed E-state index contributed by atoms with van der Waals surface area (Å²) in [5.74, 6) is 1.60. The minimum Gasteiger partial charge on any atom is -0.296 e. The second-order valence-electron chi connectivity index (χ2n) is 2.92. The van der Waals surface area contributed by atoms with E-state index in [9.17, 15) is 0 Å². The fourth-order valence-electron chi connectivity index (χ4n) is 1.19. The largest absolute Gasteiger partial charge is 0.296 e. The quantitative estimate of drug-likeness (QED) is 0.603. The average Bonchev–Trinajstić information content (AvgIpc) is 2.89. The summed E-state index contributed by atoms with van der Waals surface area (Å²) in [5, 5.41) is 9.52. The van der Waals surface area contributed by atoms with E-state index >= 15 is 0 Å². The lowest BCUT2D eigenvalue weighted by Crippen LogP contribution is -2.00. The van der Waals surface area contributed by atoms with E-state index in [1.54, 1.807) is 46.8 Å². The molecule has 15 heavy (non-hydrogen) atoms. The zero-order valence-electron chi connectivity index (χ0n) is 7.76. The van der Waals surface area contributed by atoms with Gasteiger partial charge in [0.25, 0.3) is 0 Å². The average molecular weight is 258 g/mol. The molecule has 78 valence electrons. The van der Waals surface area contributed by atoms with Crippen molar-refractivity contribution in [2.24, 2.45) is 0 Å². The molecular weight excluding hydrogens is 250 g/mol. The second kappa shape index (κ2) is 4.97. The van der Waals surface area contributed by atoms with Crippen molar-refractivity contribution in [3.05, 3.63) is 23.0 Å². The highest BCUT2D eigenvalue weighted by Crippen LogP contribution is 2.44. The van der Waals surface area contributed by atoms with Gasteiger partial charge in [0, 0.05) is 29.3 Å².